The summed E-state index contributed by atoms with van der Waals surface area (Å²) in [5.41, 5.74) is 0.328. The van der Waals surface area contributed by atoms with Crippen molar-refractivity contribution in [2.45, 2.75) is 13.0 Å². The van der Waals surface area contributed by atoms with E-state index < -0.39 is 17.7 Å². The molecule has 1 atom stereocenters. The Balaban J connectivity index is 2.36. The van der Waals surface area contributed by atoms with E-state index in [0.29, 0.717) is 11.5 Å². The number of halogens is 2. The predicted octanol–water partition coefficient (Wildman–Crippen LogP) is 4.71. The van der Waals surface area contributed by atoms with Gasteiger partial charge in [-0.1, -0.05) is 23.2 Å². The summed E-state index contributed by atoms with van der Waals surface area (Å²) in [7, 11) is 5.76. The molecule has 0 saturated heterocycles. The smallest absolute Gasteiger partial charge is 0.258 e. The van der Waals surface area contributed by atoms with E-state index in [9.17, 15) is 9.59 Å². The SMILES string of the molecule is COc1cc(NC(=O)C(N=Nc2c(Cl)cc(OC)cc2OC)C(C)=O)c(Cl)c(OC)c1. The van der Waals surface area contributed by atoms with Crippen LogP contribution in [-0.4, -0.2) is 46.2 Å². The number of ketones is 1. The lowest BCUT2D eigenvalue weighted by molar-refractivity contribution is -0.126. The van der Waals surface area contributed by atoms with Crippen molar-refractivity contribution in [1.29, 1.82) is 0 Å². The van der Waals surface area contributed by atoms with Gasteiger partial charge in [-0.25, -0.2) is 0 Å². The number of rotatable bonds is 9. The van der Waals surface area contributed by atoms with Gasteiger partial charge >= 0.3 is 0 Å². The van der Waals surface area contributed by atoms with Gasteiger partial charge in [0.05, 0.1) is 39.1 Å². The van der Waals surface area contributed by atoms with Gasteiger partial charge in [-0.3, -0.25) is 9.59 Å². The average Bonchev–Trinajstić information content (AvgIpc) is 2.75. The Hall–Kier alpha value is -3.04. The van der Waals surface area contributed by atoms with Crippen molar-refractivity contribution < 1.29 is 28.5 Å². The number of benzene rings is 2. The molecule has 31 heavy (non-hydrogen) atoms. The summed E-state index contributed by atoms with van der Waals surface area (Å²) in [6.45, 7) is 1.21. The molecule has 0 bridgehead atoms. The highest BCUT2D eigenvalue weighted by Crippen LogP contribution is 2.40. The Morgan fingerprint density at radius 1 is 0.903 bits per heavy atom. The maximum Gasteiger partial charge on any atom is 0.258 e. The van der Waals surface area contributed by atoms with Crippen molar-refractivity contribution in [3.8, 4) is 23.0 Å². The Morgan fingerprint density at radius 3 is 2.03 bits per heavy atom. The first kappa shape index (κ1) is 24.2. The molecule has 0 aliphatic carbocycles. The minimum Gasteiger partial charge on any atom is -0.497 e. The first-order valence-corrected chi connectivity index (χ1v) is 9.56. The van der Waals surface area contributed by atoms with E-state index >= 15 is 0 Å². The summed E-state index contributed by atoms with van der Waals surface area (Å²) >= 11 is 12.5. The fraction of sp³-hybridized carbons (Fsp3) is 0.300. The molecule has 0 aliphatic heterocycles. The molecule has 0 heterocycles. The number of carbonyl (C=O) groups excluding carboxylic acids is 2. The van der Waals surface area contributed by atoms with Crippen molar-refractivity contribution >= 4 is 46.3 Å². The first-order valence-electron chi connectivity index (χ1n) is 8.80. The van der Waals surface area contributed by atoms with Crippen molar-refractivity contribution in [3.63, 3.8) is 0 Å². The van der Waals surface area contributed by atoms with Crippen molar-refractivity contribution in [3.05, 3.63) is 34.3 Å². The third kappa shape index (κ3) is 5.77. The summed E-state index contributed by atoms with van der Waals surface area (Å²) in [4.78, 5) is 24.8. The molecule has 0 aromatic heterocycles. The maximum absolute atomic E-state index is 12.8. The van der Waals surface area contributed by atoms with Crippen LogP contribution in [0.2, 0.25) is 10.0 Å². The van der Waals surface area contributed by atoms with Crippen LogP contribution in [0, 0.1) is 0 Å². The van der Waals surface area contributed by atoms with Crippen LogP contribution < -0.4 is 24.3 Å². The molecule has 2 aromatic carbocycles. The second kappa shape index (κ2) is 10.8. The third-order valence-electron chi connectivity index (χ3n) is 4.09. The molecule has 166 valence electrons. The number of anilines is 1. The monoisotopic (exact) mass is 469 g/mol. The van der Waals surface area contributed by atoms with E-state index in [4.69, 9.17) is 42.1 Å². The second-order valence-corrected chi connectivity index (χ2v) is 6.85. The van der Waals surface area contributed by atoms with Gasteiger partial charge in [0.1, 0.15) is 28.0 Å². The van der Waals surface area contributed by atoms with Gasteiger partial charge in [0.25, 0.3) is 5.91 Å². The molecule has 0 aliphatic rings. The number of hydrogen-bond donors (Lipinski definition) is 1. The Morgan fingerprint density at radius 2 is 1.48 bits per heavy atom. The second-order valence-electron chi connectivity index (χ2n) is 6.07. The number of Topliss-reactive ketones (excluding diaryl/α,β-unsaturated/α-hetero) is 1. The number of hydrogen-bond acceptors (Lipinski definition) is 8. The van der Waals surface area contributed by atoms with Crippen molar-refractivity contribution in [1.82, 2.24) is 0 Å². The number of azo groups is 1. The van der Waals surface area contributed by atoms with E-state index in [0.717, 1.165) is 0 Å². The molecule has 0 saturated carbocycles. The lowest BCUT2D eigenvalue weighted by Gasteiger charge is -2.14. The first-order chi connectivity index (χ1) is 14.7. The predicted molar refractivity (Wildman–Crippen MR) is 117 cm³/mol. The Labute approximate surface area is 189 Å². The van der Waals surface area contributed by atoms with E-state index in [2.05, 4.69) is 15.5 Å². The van der Waals surface area contributed by atoms with Gasteiger partial charge in [0.2, 0.25) is 6.04 Å². The molecular weight excluding hydrogens is 449 g/mol. The van der Waals surface area contributed by atoms with Crippen LogP contribution in [0.15, 0.2) is 34.5 Å². The van der Waals surface area contributed by atoms with Gasteiger partial charge in [-0.15, -0.1) is 5.11 Å². The maximum atomic E-state index is 12.8. The summed E-state index contributed by atoms with van der Waals surface area (Å²) in [6, 6.07) is 4.63. The van der Waals surface area contributed by atoms with Crippen LogP contribution in [0.1, 0.15) is 6.92 Å². The zero-order valence-corrected chi connectivity index (χ0v) is 19.0. The fourth-order valence-corrected chi connectivity index (χ4v) is 2.96. The minimum absolute atomic E-state index is 0.135. The van der Waals surface area contributed by atoms with Gasteiger partial charge < -0.3 is 24.3 Å². The molecule has 1 unspecified atom stereocenters. The molecular formula is C20H21Cl2N3O6. The molecule has 0 spiro atoms. The van der Waals surface area contributed by atoms with E-state index in [1.54, 1.807) is 12.1 Å². The van der Waals surface area contributed by atoms with Crippen LogP contribution in [-0.2, 0) is 9.59 Å². The zero-order chi connectivity index (χ0) is 23.1. The fourth-order valence-electron chi connectivity index (χ4n) is 2.49. The molecule has 11 heteroatoms. The molecule has 9 nitrogen and oxygen atoms in total. The lowest BCUT2D eigenvalue weighted by atomic mass is 10.2. The number of ether oxygens (including phenoxy) is 4. The molecule has 2 aromatic rings. The average molecular weight is 470 g/mol. The highest BCUT2D eigenvalue weighted by molar-refractivity contribution is 6.35. The lowest BCUT2D eigenvalue weighted by Crippen LogP contribution is -2.32. The standard InChI is InChI=1S/C20H21Cl2N3O6/c1-10(26)18(24-25-19-13(21)6-11(28-2)9-16(19)31-5)20(27)23-14-7-12(29-3)8-15(30-4)17(14)22/h6-9,18H,1-5H3,(H,23,27). The van der Waals surface area contributed by atoms with E-state index in [1.807, 2.05) is 0 Å². The summed E-state index contributed by atoms with van der Waals surface area (Å²) in [5.74, 6) is 0.0897. The van der Waals surface area contributed by atoms with Gasteiger partial charge in [-0.05, 0) is 6.92 Å². The molecule has 0 fully saturated rings. The number of carbonyl (C=O) groups is 2. The highest BCUT2D eigenvalue weighted by Gasteiger charge is 2.25. The van der Waals surface area contributed by atoms with E-state index in [-0.39, 0.29) is 32.9 Å². The van der Waals surface area contributed by atoms with Crippen LogP contribution in [0.3, 0.4) is 0 Å². The highest BCUT2D eigenvalue weighted by atomic mass is 35.5. The minimum atomic E-state index is -1.46. The molecule has 0 radical (unpaired) electrons. The number of nitrogens with zero attached hydrogens (tertiary/aromatic N) is 2. The molecule has 2 rings (SSSR count). The quantitative estimate of drug-likeness (QED) is 0.420. The normalized spacial score (nSPS) is 11.7. The largest absolute Gasteiger partial charge is 0.497 e. The summed E-state index contributed by atoms with van der Waals surface area (Å²) < 4.78 is 20.7. The van der Waals surface area contributed by atoms with Crippen molar-refractivity contribution in [2.75, 3.05) is 33.8 Å². The van der Waals surface area contributed by atoms with Crippen molar-refractivity contribution in [2.24, 2.45) is 10.2 Å². The van der Waals surface area contributed by atoms with Crippen LogP contribution in [0.25, 0.3) is 0 Å². The summed E-state index contributed by atoms with van der Waals surface area (Å²) in [6.07, 6.45) is 0. The van der Waals surface area contributed by atoms with Crippen LogP contribution in [0.4, 0.5) is 11.4 Å². The third-order valence-corrected chi connectivity index (χ3v) is 4.77. The Bertz CT molecular complexity index is 1010. The van der Waals surface area contributed by atoms with Gasteiger partial charge in [0.15, 0.2) is 11.5 Å². The van der Waals surface area contributed by atoms with Crippen LogP contribution >= 0.6 is 23.2 Å². The topological polar surface area (TPSA) is 108 Å². The van der Waals surface area contributed by atoms with Crippen LogP contribution in [0.5, 0.6) is 23.0 Å². The number of amides is 1. The number of nitrogens with one attached hydrogen (secondary N) is 1. The van der Waals surface area contributed by atoms with Gasteiger partial charge in [-0.2, -0.15) is 5.11 Å². The summed E-state index contributed by atoms with van der Waals surface area (Å²) in [5, 5.41) is 10.7. The molecule has 1 N–H and O–H groups in total. The zero-order valence-electron chi connectivity index (χ0n) is 17.5. The van der Waals surface area contributed by atoms with E-state index in [1.165, 1.54) is 47.5 Å². The molecule has 1 amide bonds. The number of methoxy groups -OCH3 is 4. The van der Waals surface area contributed by atoms with Gasteiger partial charge in [0, 0.05) is 24.3 Å². The Kier molecular flexibility index (Phi) is 8.47.